The molecule has 5 heteroatoms. The van der Waals surface area contributed by atoms with Crippen LogP contribution in [0.4, 0.5) is 0 Å². The zero-order valence-corrected chi connectivity index (χ0v) is 11.0. The first-order valence-corrected chi connectivity index (χ1v) is 6.87. The van der Waals surface area contributed by atoms with E-state index in [0.717, 1.165) is 12.2 Å². The van der Waals surface area contributed by atoms with Gasteiger partial charge in [0.15, 0.2) is 0 Å². The number of nitrogens with one attached hydrogen (secondary N) is 1. The van der Waals surface area contributed by atoms with Crippen molar-refractivity contribution in [1.82, 2.24) is 5.32 Å². The molecule has 0 saturated heterocycles. The van der Waals surface area contributed by atoms with Gasteiger partial charge >= 0.3 is 5.97 Å². The third-order valence-corrected chi connectivity index (χ3v) is 2.79. The molecule has 0 saturated carbocycles. The molecule has 0 unspecified atom stereocenters. The van der Waals surface area contributed by atoms with Gasteiger partial charge in [0.1, 0.15) is 6.04 Å². The first-order chi connectivity index (χ1) is 7.47. The highest BCUT2D eigenvalue weighted by atomic mass is 32.2. The summed E-state index contributed by atoms with van der Waals surface area (Å²) >= 11 is 1.68. The van der Waals surface area contributed by atoms with Crippen molar-refractivity contribution < 1.29 is 14.7 Å². The van der Waals surface area contributed by atoms with Gasteiger partial charge in [-0.2, -0.15) is 11.8 Å². The number of rotatable bonds is 8. The molecule has 0 radical (unpaired) electrons. The number of hydrogen-bond donors (Lipinski definition) is 2. The van der Waals surface area contributed by atoms with E-state index in [1.165, 1.54) is 0 Å². The maximum atomic E-state index is 11.4. The van der Waals surface area contributed by atoms with Gasteiger partial charge in [-0.3, -0.25) is 4.79 Å². The Labute approximate surface area is 101 Å². The summed E-state index contributed by atoms with van der Waals surface area (Å²) in [6.45, 7) is 3.88. The summed E-state index contributed by atoms with van der Waals surface area (Å²) in [6, 6.07) is -0.748. The van der Waals surface area contributed by atoms with E-state index in [2.05, 4.69) is 5.32 Å². The van der Waals surface area contributed by atoms with Crippen LogP contribution in [0.1, 0.15) is 33.1 Å². The largest absolute Gasteiger partial charge is 0.480 e. The topological polar surface area (TPSA) is 66.4 Å². The number of carbonyl (C=O) groups is 2. The highest BCUT2D eigenvalue weighted by Gasteiger charge is 2.20. The lowest BCUT2D eigenvalue weighted by Gasteiger charge is -2.16. The minimum absolute atomic E-state index is 0.165. The number of amides is 1. The maximum Gasteiger partial charge on any atom is 0.326 e. The van der Waals surface area contributed by atoms with E-state index in [1.54, 1.807) is 11.8 Å². The summed E-state index contributed by atoms with van der Waals surface area (Å²) in [5, 5.41) is 11.5. The summed E-state index contributed by atoms with van der Waals surface area (Å²) < 4.78 is 0. The Bertz CT molecular complexity index is 231. The van der Waals surface area contributed by atoms with E-state index in [1.807, 2.05) is 20.1 Å². The van der Waals surface area contributed by atoms with Gasteiger partial charge in [0, 0.05) is 6.42 Å². The Kier molecular flexibility index (Phi) is 8.07. The predicted molar refractivity (Wildman–Crippen MR) is 66.6 cm³/mol. The van der Waals surface area contributed by atoms with Gasteiger partial charge in [0.05, 0.1) is 0 Å². The molecule has 16 heavy (non-hydrogen) atoms. The third kappa shape index (κ3) is 7.56. The Hall–Kier alpha value is -0.710. The molecule has 0 aliphatic heterocycles. The van der Waals surface area contributed by atoms with Gasteiger partial charge in [-0.05, 0) is 30.8 Å². The van der Waals surface area contributed by atoms with Crippen LogP contribution in [0.5, 0.6) is 0 Å². The number of hydrogen-bond acceptors (Lipinski definition) is 3. The van der Waals surface area contributed by atoms with Crippen LogP contribution in [-0.4, -0.2) is 35.0 Å². The summed E-state index contributed by atoms with van der Waals surface area (Å²) in [4.78, 5) is 22.3. The molecule has 0 rings (SSSR count). The molecule has 0 aromatic carbocycles. The Morgan fingerprint density at radius 3 is 2.44 bits per heavy atom. The third-order valence-electron chi connectivity index (χ3n) is 2.09. The van der Waals surface area contributed by atoms with Crippen LogP contribution in [0.25, 0.3) is 0 Å². The Morgan fingerprint density at radius 1 is 1.38 bits per heavy atom. The van der Waals surface area contributed by atoms with Gasteiger partial charge in [-0.1, -0.05) is 13.8 Å². The van der Waals surface area contributed by atoms with Crippen molar-refractivity contribution in [2.45, 2.75) is 39.2 Å². The lowest BCUT2D eigenvalue weighted by atomic mass is 10.0. The van der Waals surface area contributed by atoms with Gasteiger partial charge in [0.2, 0.25) is 5.91 Å². The minimum Gasteiger partial charge on any atom is -0.480 e. The molecule has 2 N–H and O–H groups in total. The van der Waals surface area contributed by atoms with Gasteiger partial charge in [-0.15, -0.1) is 0 Å². The fourth-order valence-corrected chi connectivity index (χ4v) is 1.77. The zero-order valence-electron chi connectivity index (χ0n) is 10.2. The molecule has 0 bridgehead atoms. The number of carboxylic acids is 1. The van der Waals surface area contributed by atoms with Crippen molar-refractivity contribution in [1.29, 1.82) is 0 Å². The second-order valence-corrected chi connectivity index (χ2v) is 5.17. The van der Waals surface area contributed by atoms with E-state index >= 15 is 0 Å². The molecule has 94 valence electrons. The number of aliphatic carboxylic acids is 1. The van der Waals surface area contributed by atoms with Crippen molar-refractivity contribution in [3.63, 3.8) is 0 Å². The standard InChI is InChI=1S/C11H21NO3S/c1-8(2)7-9(11(14)15)12-10(13)5-4-6-16-3/h8-9H,4-7H2,1-3H3,(H,12,13)(H,14,15)/t9-/m1/s1. The Morgan fingerprint density at radius 2 is 2.00 bits per heavy atom. The lowest BCUT2D eigenvalue weighted by Crippen LogP contribution is -2.41. The quantitative estimate of drug-likeness (QED) is 0.641. The molecule has 4 nitrogen and oxygen atoms in total. The summed E-state index contributed by atoms with van der Waals surface area (Å²) in [7, 11) is 0. The normalized spacial score (nSPS) is 12.5. The fourth-order valence-electron chi connectivity index (χ4n) is 1.34. The lowest BCUT2D eigenvalue weighted by molar-refractivity contribution is -0.142. The van der Waals surface area contributed by atoms with Crippen LogP contribution in [0.2, 0.25) is 0 Å². The molecule has 0 fully saturated rings. The molecule has 0 aliphatic carbocycles. The van der Waals surface area contributed by atoms with Crippen molar-refractivity contribution in [2.75, 3.05) is 12.0 Å². The summed E-state index contributed by atoms with van der Waals surface area (Å²) in [5.74, 6) is 0.0663. The second kappa shape index (κ2) is 8.44. The molecule has 0 aliphatic rings. The Balaban J connectivity index is 3.98. The number of carboxylic acid groups (broad SMARTS) is 1. The van der Waals surface area contributed by atoms with Gasteiger partial charge in [-0.25, -0.2) is 4.79 Å². The monoisotopic (exact) mass is 247 g/mol. The van der Waals surface area contributed by atoms with Crippen LogP contribution >= 0.6 is 11.8 Å². The van der Waals surface area contributed by atoms with E-state index in [9.17, 15) is 9.59 Å². The molecular weight excluding hydrogens is 226 g/mol. The molecule has 0 aromatic heterocycles. The minimum atomic E-state index is -0.952. The highest BCUT2D eigenvalue weighted by molar-refractivity contribution is 7.98. The molecule has 0 spiro atoms. The SMILES string of the molecule is CSCCCC(=O)N[C@H](CC(C)C)C(=O)O. The molecule has 0 heterocycles. The van der Waals surface area contributed by atoms with Gasteiger partial charge < -0.3 is 10.4 Å². The average Bonchev–Trinajstić information content (AvgIpc) is 2.16. The second-order valence-electron chi connectivity index (χ2n) is 4.18. The number of thioether (sulfide) groups is 1. The fraction of sp³-hybridized carbons (Fsp3) is 0.818. The first kappa shape index (κ1) is 15.3. The number of carbonyl (C=O) groups excluding carboxylic acids is 1. The van der Waals surface area contributed by atoms with Gasteiger partial charge in [0.25, 0.3) is 0 Å². The predicted octanol–water partition coefficient (Wildman–Crippen LogP) is 1.75. The van der Waals surface area contributed by atoms with Crippen molar-refractivity contribution in [2.24, 2.45) is 5.92 Å². The molecular formula is C11H21NO3S. The van der Waals surface area contributed by atoms with E-state index in [0.29, 0.717) is 12.8 Å². The summed E-state index contributed by atoms with van der Waals surface area (Å²) in [5.41, 5.74) is 0. The van der Waals surface area contributed by atoms with Crippen molar-refractivity contribution >= 4 is 23.6 Å². The van der Waals surface area contributed by atoms with Crippen molar-refractivity contribution in [3.05, 3.63) is 0 Å². The van der Waals surface area contributed by atoms with Crippen LogP contribution in [0.3, 0.4) is 0 Å². The molecule has 1 amide bonds. The van der Waals surface area contributed by atoms with Crippen molar-refractivity contribution in [3.8, 4) is 0 Å². The smallest absolute Gasteiger partial charge is 0.326 e. The van der Waals surface area contributed by atoms with Crippen LogP contribution < -0.4 is 5.32 Å². The molecule has 1 atom stereocenters. The average molecular weight is 247 g/mol. The maximum absolute atomic E-state index is 11.4. The van der Waals surface area contributed by atoms with Crippen LogP contribution in [0, 0.1) is 5.92 Å². The zero-order chi connectivity index (χ0) is 12.6. The summed E-state index contributed by atoms with van der Waals surface area (Å²) in [6.07, 6.45) is 3.66. The van der Waals surface area contributed by atoms with E-state index in [-0.39, 0.29) is 11.8 Å². The molecule has 0 aromatic rings. The van der Waals surface area contributed by atoms with Crippen LogP contribution in [0.15, 0.2) is 0 Å². The van der Waals surface area contributed by atoms with E-state index in [4.69, 9.17) is 5.11 Å². The van der Waals surface area contributed by atoms with Crippen LogP contribution in [-0.2, 0) is 9.59 Å². The van der Waals surface area contributed by atoms with E-state index < -0.39 is 12.0 Å². The highest BCUT2D eigenvalue weighted by Crippen LogP contribution is 2.06. The first-order valence-electron chi connectivity index (χ1n) is 5.48.